The number of fused-ring (bicyclic) bond motifs is 5. The van der Waals surface area contributed by atoms with Crippen LogP contribution in [0.5, 0.6) is 0 Å². The summed E-state index contributed by atoms with van der Waals surface area (Å²) in [7, 11) is 1.76. The highest BCUT2D eigenvalue weighted by molar-refractivity contribution is 6.06. The lowest BCUT2D eigenvalue weighted by molar-refractivity contribution is -0.140. The van der Waals surface area contributed by atoms with E-state index in [1.54, 1.807) is 7.05 Å². The Morgan fingerprint density at radius 2 is 1.78 bits per heavy atom. The van der Waals surface area contributed by atoms with Crippen molar-refractivity contribution < 1.29 is 9.59 Å². The molecule has 5 unspecified atom stereocenters. The van der Waals surface area contributed by atoms with Crippen LogP contribution >= 0.6 is 0 Å². The second kappa shape index (κ2) is 9.06. The molecule has 2 heterocycles. The maximum absolute atomic E-state index is 12.8. The van der Waals surface area contributed by atoms with Gasteiger partial charge in [0.15, 0.2) is 5.96 Å². The Kier molecular flexibility index (Phi) is 6.00. The quantitative estimate of drug-likeness (QED) is 0.295. The van der Waals surface area contributed by atoms with Crippen LogP contribution in [-0.4, -0.2) is 66.8 Å². The van der Waals surface area contributed by atoms with Crippen LogP contribution in [0.25, 0.3) is 0 Å². The molecule has 32 heavy (non-hydrogen) atoms. The van der Waals surface area contributed by atoms with E-state index in [9.17, 15) is 9.59 Å². The molecule has 0 spiro atoms. The molecule has 2 bridgehead atoms. The first-order valence-electron chi connectivity index (χ1n) is 11.9. The van der Waals surface area contributed by atoms with E-state index in [2.05, 4.69) is 63.0 Å². The van der Waals surface area contributed by atoms with E-state index in [0.29, 0.717) is 19.1 Å². The molecule has 1 aromatic rings. The van der Waals surface area contributed by atoms with Gasteiger partial charge in [-0.3, -0.25) is 24.4 Å². The van der Waals surface area contributed by atoms with E-state index in [4.69, 9.17) is 0 Å². The number of hydrogen-bond acceptors (Lipinski definition) is 4. The maximum atomic E-state index is 12.8. The summed E-state index contributed by atoms with van der Waals surface area (Å²) in [6, 6.07) is 11.1. The number of benzene rings is 1. The zero-order valence-electron chi connectivity index (χ0n) is 18.7. The number of carbonyl (C=O) groups is 2. The highest BCUT2D eigenvalue weighted by Crippen LogP contribution is 2.52. The van der Waals surface area contributed by atoms with Gasteiger partial charge in [-0.2, -0.15) is 0 Å². The summed E-state index contributed by atoms with van der Waals surface area (Å²) in [5, 5.41) is 6.73. The Labute approximate surface area is 189 Å². The first kappa shape index (κ1) is 21.2. The van der Waals surface area contributed by atoms with Gasteiger partial charge in [-0.25, -0.2) is 0 Å². The van der Waals surface area contributed by atoms with Gasteiger partial charge in [0.1, 0.15) is 0 Å². The average Bonchev–Trinajstić information content (AvgIpc) is 3.58. The Balaban J connectivity index is 1.08. The number of likely N-dealkylation sites (tertiary alicyclic amines) is 2. The zero-order chi connectivity index (χ0) is 22.1. The first-order chi connectivity index (χ1) is 15.7. The van der Waals surface area contributed by atoms with Crippen molar-refractivity contribution in [1.82, 2.24) is 20.4 Å². The number of hydrogen-bond donors (Lipinski definition) is 2. The molecule has 2 saturated heterocycles. The minimum Gasteiger partial charge on any atom is -0.355 e. The monoisotopic (exact) mass is 435 g/mol. The number of guanidine groups is 1. The summed E-state index contributed by atoms with van der Waals surface area (Å²) < 4.78 is 0. The van der Waals surface area contributed by atoms with Gasteiger partial charge in [0.2, 0.25) is 11.8 Å². The third-order valence-electron chi connectivity index (χ3n) is 7.65. The fraction of sp³-hybridized carbons (Fsp3) is 0.560. The van der Waals surface area contributed by atoms with Gasteiger partial charge >= 0.3 is 0 Å². The molecule has 5 atom stereocenters. The second-order valence-electron chi connectivity index (χ2n) is 9.46. The van der Waals surface area contributed by atoms with Gasteiger partial charge in [0.25, 0.3) is 0 Å². The predicted octanol–water partition coefficient (Wildman–Crippen LogP) is 1.62. The Morgan fingerprint density at radius 3 is 2.47 bits per heavy atom. The summed E-state index contributed by atoms with van der Waals surface area (Å²) in [5.74, 6) is 1.05. The van der Waals surface area contributed by atoms with Crippen molar-refractivity contribution >= 4 is 17.8 Å². The summed E-state index contributed by atoms with van der Waals surface area (Å²) in [5.41, 5.74) is 1.34. The van der Waals surface area contributed by atoms with Crippen LogP contribution < -0.4 is 10.6 Å². The van der Waals surface area contributed by atoms with Crippen LogP contribution in [0.3, 0.4) is 0 Å². The summed E-state index contributed by atoms with van der Waals surface area (Å²) >= 11 is 0. The molecule has 170 valence electrons. The number of carbonyl (C=O) groups excluding carboxylic acids is 2. The number of nitrogens with one attached hydrogen (secondary N) is 2. The van der Waals surface area contributed by atoms with Crippen LogP contribution in [0.15, 0.2) is 47.5 Å². The van der Waals surface area contributed by atoms with Gasteiger partial charge in [0.05, 0.1) is 11.8 Å². The Bertz CT molecular complexity index is 884. The van der Waals surface area contributed by atoms with Crippen molar-refractivity contribution in [3.8, 4) is 0 Å². The average molecular weight is 436 g/mol. The second-order valence-corrected chi connectivity index (χ2v) is 9.46. The summed E-state index contributed by atoms with van der Waals surface area (Å²) in [6.07, 6.45) is 7.62. The van der Waals surface area contributed by atoms with E-state index in [1.807, 2.05) is 0 Å². The van der Waals surface area contributed by atoms with Gasteiger partial charge in [-0.05, 0) is 43.2 Å². The number of nitrogens with zero attached hydrogens (tertiary/aromatic N) is 3. The number of amides is 2. The number of rotatable bonds is 7. The van der Waals surface area contributed by atoms with Crippen molar-refractivity contribution in [3.05, 3.63) is 48.0 Å². The fourth-order valence-electron chi connectivity index (χ4n) is 6.06. The maximum Gasteiger partial charge on any atom is 0.233 e. The van der Waals surface area contributed by atoms with Crippen molar-refractivity contribution in [2.75, 3.05) is 33.2 Å². The lowest BCUT2D eigenvalue weighted by Gasteiger charge is -2.26. The molecule has 2 N–H and O–H groups in total. The van der Waals surface area contributed by atoms with Crippen LogP contribution in [0.4, 0.5) is 0 Å². The van der Waals surface area contributed by atoms with Gasteiger partial charge in [0, 0.05) is 39.3 Å². The molecular formula is C25H33N5O2. The molecule has 2 aliphatic carbocycles. The Hall–Kier alpha value is -2.67. The van der Waals surface area contributed by atoms with E-state index >= 15 is 0 Å². The molecule has 4 aliphatic rings. The van der Waals surface area contributed by atoms with Crippen LogP contribution in [-0.2, 0) is 16.1 Å². The van der Waals surface area contributed by atoms with Crippen molar-refractivity contribution in [2.24, 2.45) is 28.7 Å². The minimum absolute atomic E-state index is 0.0177. The standard InChI is InChI=1S/C25H33N5O2/c1-26-25(28-15-20-8-5-12-29(20)16-17-6-3-2-4-7-17)27-11-13-30-23(31)21-18-9-10-19(14-18)22(21)24(30)32/h2-4,6-7,9-10,18-22H,5,8,11-16H2,1H3,(H2,26,27,28). The number of imide groups is 1. The Morgan fingerprint density at radius 1 is 1.06 bits per heavy atom. The normalized spacial score (nSPS) is 31.6. The van der Waals surface area contributed by atoms with E-state index in [0.717, 1.165) is 32.0 Å². The van der Waals surface area contributed by atoms with Gasteiger partial charge < -0.3 is 10.6 Å². The molecule has 0 radical (unpaired) electrons. The molecule has 7 nitrogen and oxygen atoms in total. The summed E-state index contributed by atoms with van der Waals surface area (Å²) in [4.78, 5) is 33.9. The van der Waals surface area contributed by atoms with Gasteiger partial charge in [-0.15, -0.1) is 0 Å². The molecular weight excluding hydrogens is 402 g/mol. The molecule has 2 aliphatic heterocycles. The predicted molar refractivity (Wildman–Crippen MR) is 124 cm³/mol. The first-order valence-corrected chi connectivity index (χ1v) is 11.9. The van der Waals surface area contributed by atoms with Crippen molar-refractivity contribution in [3.63, 3.8) is 0 Å². The third kappa shape index (κ3) is 3.94. The number of aliphatic imine (C=N–C) groups is 1. The fourth-order valence-corrected chi connectivity index (χ4v) is 6.06. The minimum atomic E-state index is -0.118. The number of allylic oxidation sites excluding steroid dienone is 2. The van der Waals surface area contributed by atoms with Crippen LogP contribution in [0.2, 0.25) is 0 Å². The molecule has 1 saturated carbocycles. The van der Waals surface area contributed by atoms with E-state index in [-0.39, 0.29) is 35.5 Å². The molecule has 3 fully saturated rings. The van der Waals surface area contributed by atoms with Gasteiger partial charge in [-0.1, -0.05) is 42.5 Å². The third-order valence-corrected chi connectivity index (χ3v) is 7.65. The van der Waals surface area contributed by atoms with E-state index < -0.39 is 0 Å². The molecule has 1 aromatic carbocycles. The molecule has 7 heteroatoms. The topological polar surface area (TPSA) is 77.0 Å². The van der Waals surface area contributed by atoms with Crippen molar-refractivity contribution in [1.29, 1.82) is 0 Å². The SMILES string of the molecule is CN=C(NCCN1C(=O)C2C3C=CC(C3)C2C1=O)NCC1CCCN1Cc1ccccc1. The smallest absolute Gasteiger partial charge is 0.233 e. The lowest BCUT2D eigenvalue weighted by atomic mass is 9.85. The highest BCUT2D eigenvalue weighted by Gasteiger charge is 2.58. The van der Waals surface area contributed by atoms with Crippen LogP contribution in [0.1, 0.15) is 24.8 Å². The zero-order valence-corrected chi connectivity index (χ0v) is 18.7. The molecule has 2 amide bonds. The lowest BCUT2D eigenvalue weighted by Crippen LogP contribution is -2.47. The van der Waals surface area contributed by atoms with Crippen LogP contribution in [0, 0.1) is 23.7 Å². The highest BCUT2D eigenvalue weighted by atomic mass is 16.2. The largest absolute Gasteiger partial charge is 0.355 e. The molecule has 5 rings (SSSR count). The summed E-state index contributed by atoms with van der Waals surface area (Å²) in [6.45, 7) is 3.82. The molecule has 0 aromatic heterocycles. The van der Waals surface area contributed by atoms with E-state index in [1.165, 1.54) is 23.3 Å². The van der Waals surface area contributed by atoms with Crippen molar-refractivity contribution in [2.45, 2.75) is 31.8 Å².